The van der Waals surface area contributed by atoms with Gasteiger partial charge in [-0.15, -0.1) is 0 Å². The Hall–Kier alpha value is -1.69. The molecule has 0 aliphatic heterocycles. The summed E-state index contributed by atoms with van der Waals surface area (Å²) in [7, 11) is 0. The van der Waals surface area contributed by atoms with E-state index in [1.165, 1.54) is 0 Å². The van der Waals surface area contributed by atoms with Crippen LogP contribution in [0.15, 0.2) is 36.4 Å². The summed E-state index contributed by atoms with van der Waals surface area (Å²) in [6.45, 7) is 1.86. The molecule has 0 saturated heterocycles. The van der Waals surface area contributed by atoms with Crippen molar-refractivity contribution in [3.05, 3.63) is 57.6 Å². The summed E-state index contributed by atoms with van der Waals surface area (Å²) in [6.07, 6.45) is 0. The van der Waals surface area contributed by atoms with E-state index in [9.17, 15) is 0 Å². The van der Waals surface area contributed by atoms with Gasteiger partial charge in [-0.3, -0.25) is 0 Å². The standard InChI is InChI=1S/C14H9Cl2NO/c1-9-4-13(3-2-10(9)8-17)18-14-6-11(15)5-12(16)7-14/h2-7H,1H3. The Labute approximate surface area is 115 Å². The van der Waals surface area contributed by atoms with E-state index in [1.807, 2.05) is 6.92 Å². The lowest BCUT2D eigenvalue weighted by molar-refractivity contribution is 0.482. The average Bonchev–Trinajstić information content (AvgIpc) is 2.27. The highest BCUT2D eigenvalue weighted by molar-refractivity contribution is 6.34. The number of hydrogen-bond acceptors (Lipinski definition) is 2. The first kappa shape index (κ1) is 12.8. The van der Waals surface area contributed by atoms with E-state index in [0.717, 1.165) is 5.56 Å². The van der Waals surface area contributed by atoms with Crippen LogP contribution in [0.3, 0.4) is 0 Å². The van der Waals surface area contributed by atoms with Gasteiger partial charge in [0.05, 0.1) is 11.6 Å². The Morgan fingerprint density at radius 1 is 1.00 bits per heavy atom. The van der Waals surface area contributed by atoms with Gasteiger partial charge in [-0.1, -0.05) is 23.2 Å². The van der Waals surface area contributed by atoms with Crippen molar-refractivity contribution in [1.82, 2.24) is 0 Å². The summed E-state index contributed by atoms with van der Waals surface area (Å²) in [5.74, 6) is 1.21. The second-order valence-corrected chi connectivity index (χ2v) is 4.67. The largest absolute Gasteiger partial charge is 0.457 e. The maximum atomic E-state index is 8.85. The lowest BCUT2D eigenvalue weighted by Crippen LogP contribution is -1.87. The molecule has 2 rings (SSSR count). The molecular formula is C14H9Cl2NO. The first-order chi connectivity index (χ1) is 8.58. The number of nitrogens with zero attached hydrogens (tertiary/aromatic N) is 1. The first-order valence-electron chi connectivity index (χ1n) is 5.23. The molecule has 0 aromatic heterocycles. The van der Waals surface area contributed by atoms with Crippen LogP contribution in [-0.4, -0.2) is 0 Å². The highest BCUT2D eigenvalue weighted by Crippen LogP contribution is 2.29. The summed E-state index contributed by atoms with van der Waals surface area (Å²) in [5.41, 5.74) is 1.50. The number of nitriles is 1. The molecule has 18 heavy (non-hydrogen) atoms. The van der Waals surface area contributed by atoms with Crippen LogP contribution in [0.4, 0.5) is 0 Å². The minimum Gasteiger partial charge on any atom is -0.457 e. The van der Waals surface area contributed by atoms with Gasteiger partial charge in [-0.05, 0) is 48.9 Å². The van der Waals surface area contributed by atoms with Crippen molar-refractivity contribution >= 4 is 23.2 Å². The highest BCUT2D eigenvalue weighted by Gasteiger charge is 2.03. The quantitative estimate of drug-likeness (QED) is 0.777. The van der Waals surface area contributed by atoms with Gasteiger partial charge in [-0.2, -0.15) is 5.26 Å². The second kappa shape index (κ2) is 5.30. The Morgan fingerprint density at radius 2 is 1.67 bits per heavy atom. The molecule has 0 spiro atoms. The average molecular weight is 278 g/mol. The van der Waals surface area contributed by atoms with Crippen molar-refractivity contribution in [1.29, 1.82) is 5.26 Å². The molecule has 90 valence electrons. The van der Waals surface area contributed by atoms with Crippen molar-refractivity contribution in [3.63, 3.8) is 0 Å². The molecule has 0 unspecified atom stereocenters. The van der Waals surface area contributed by atoms with Crippen LogP contribution < -0.4 is 4.74 Å². The minimum absolute atomic E-state index is 0.517. The normalized spacial score (nSPS) is 9.89. The number of aryl methyl sites for hydroxylation is 1. The Morgan fingerprint density at radius 3 is 2.22 bits per heavy atom. The zero-order valence-corrected chi connectivity index (χ0v) is 11.1. The minimum atomic E-state index is 0.517. The van der Waals surface area contributed by atoms with Gasteiger partial charge in [0.1, 0.15) is 11.5 Å². The number of rotatable bonds is 2. The van der Waals surface area contributed by atoms with Crippen LogP contribution in [0, 0.1) is 18.3 Å². The monoisotopic (exact) mass is 277 g/mol. The molecule has 0 radical (unpaired) electrons. The van der Waals surface area contributed by atoms with Gasteiger partial charge >= 0.3 is 0 Å². The van der Waals surface area contributed by atoms with E-state index in [1.54, 1.807) is 36.4 Å². The second-order valence-electron chi connectivity index (χ2n) is 3.80. The lowest BCUT2D eigenvalue weighted by Gasteiger charge is -2.08. The SMILES string of the molecule is Cc1cc(Oc2cc(Cl)cc(Cl)c2)ccc1C#N. The molecule has 2 aromatic carbocycles. The van der Waals surface area contributed by atoms with Crippen LogP contribution in [0.5, 0.6) is 11.5 Å². The molecular weight excluding hydrogens is 269 g/mol. The van der Waals surface area contributed by atoms with Crippen LogP contribution in [0.1, 0.15) is 11.1 Å². The third-order valence-electron chi connectivity index (χ3n) is 2.39. The molecule has 0 amide bonds. The van der Waals surface area contributed by atoms with Gasteiger partial charge in [0.25, 0.3) is 0 Å². The zero-order chi connectivity index (χ0) is 13.1. The van der Waals surface area contributed by atoms with Crippen molar-refractivity contribution in [2.45, 2.75) is 6.92 Å². The van der Waals surface area contributed by atoms with E-state index in [-0.39, 0.29) is 0 Å². The lowest BCUT2D eigenvalue weighted by atomic mass is 10.1. The van der Waals surface area contributed by atoms with Gasteiger partial charge in [0, 0.05) is 10.0 Å². The van der Waals surface area contributed by atoms with E-state index >= 15 is 0 Å². The third-order valence-corrected chi connectivity index (χ3v) is 2.83. The number of benzene rings is 2. The summed E-state index contributed by atoms with van der Waals surface area (Å²) in [6, 6.07) is 12.4. The molecule has 0 fully saturated rings. The fourth-order valence-corrected chi connectivity index (χ4v) is 2.05. The molecule has 4 heteroatoms. The fourth-order valence-electron chi connectivity index (χ4n) is 1.55. The number of halogens is 2. The molecule has 0 N–H and O–H groups in total. The Balaban J connectivity index is 2.29. The van der Waals surface area contributed by atoms with Crippen LogP contribution in [-0.2, 0) is 0 Å². The summed E-state index contributed by atoms with van der Waals surface area (Å²) < 4.78 is 5.64. The molecule has 2 nitrogen and oxygen atoms in total. The van der Waals surface area contributed by atoms with Crippen molar-refractivity contribution in [2.24, 2.45) is 0 Å². The highest BCUT2D eigenvalue weighted by atomic mass is 35.5. The third kappa shape index (κ3) is 2.95. The first-order valence-corrected chi connectivity index (χ1v) is 5.99. The summed E-state index contributed by atoms with van der Waals surface area (Å²) >= 11 is 11.8. The van der Waals surface area contributed by atoms with Crippen molar-refractivity contribution in [3.8, 4) is 17.6 Å². The van der Waals surface area contributed by atoms with Gasteiger partial charge in [-0.25, -0.2) is 0 Å². The van der Waals surface area contributed by atoms with E-state index in [4.69, 9.17) is 33.2 Å². The topological polar surface area (TPSA) is 33.0 Å². The predicted octanol–water partition coefficient (Wildman–Crippen LogP) is 4.97. The number of hydrogen-bond donors (Lipinski definition) is 0. The maximum absolute atomic E-state index is 8.85. The van der Waals surface area contributed by atoms with Crippen molar-refractivity contribution in [2.75, 3.05) is 0 Å². The molecule has 0 atom stereocenters. The molecule has 0 heterocycles. The molecule has 0 bridgehead atoms. The Kier molecular flexibility index (Phi) is 3.76. The molecule has 0 aliphatic carbocycles. The maximum Gasteiger partial charge on any atom is 0.130 e. The summed E-state index contributed by atoms with van der Waals surface area (Å²) in [5, 5.41) is 9.88. The molecule has 0 aliphatic rings. The van der Waals surface area contributed by atoms with E-state index in [0.29, 0.717) is 27.1 Å². The molecule has 2 aromatic rings. The molecule has 0 saturated carbocycles. The fraction of sp³-hybridized carbons (Fsp3) is 0.0714. The predicted molar refractivity (Wildman–Crippen MR) is 72.4 cm³/mol. The van der Waals surface area contributed by atoms with Crippen LogP contribution >= 0.6 is 23.2 Å². The zero-order valence-electron chi connectivity index (χ0n) is 9.58. The van der Waals surface area contributed by atoms with Gasteiger partial charge in [0.2, 0.25) is 0 Å². The van der Waals surface area contributed by atoms with Crippen molar-refractivity contribution < 1.29 is 4.74 Å². The smallest absolute Gasteiger partial charge is 0.130 e. The van der Waals surface area contributed by atoms with E-state index < -0.39 is 0 Å². The van der Waals surface area contributed by atoms with Gasteiger partial charge in [0.15, 0.2) is 0 Å². The number of ether oxygens (including phenoxy) is 1. The summed E-state index contributed by atoms with van der Waals surface area (Å²) in [4.78, 5) is 0. The van der Waals surface area contributed by atoms with Gasteiger partial charge < -0.3 is 4.74 Å². The van der Waals surface area contributed by atoms with Crippen LogP contribution in [0.25, 0.3) is 0 Å². The Bertz CT molecular complexity index is 612. The van der Waals surface area contributed by atoms with E-state index in [2.05, 4.69) is 6.07 Å². The van der Waals surface area contributed by atoms with Crippen LogP contribution in [0.2, 0.25) is 10.0 Å².